The normalized spacial score (nSPS) is 26.7. The summed E-state index contributed by atoms with van der Waals surface area (Å²) in [4.78, 5) is 14.4. The average molecular weight is 287 g/mol. The van der Waals surface area contributed by atoms with E-state index < -0.39 is 9.84 Å². The molecule has 0 bridgehead atoms. The van der Waals surface area contributed by atoms with Gasteiger partial charge in [0.2, 0.25) is 5.91 Å². The molecule has 1 atom stereocenters. The molecular formula is C14H25NO3S. The SMILES string of the molecule is CCCN(C(=O)CC1CCS(=O)(=O)C1)C1CCCC1. The molecule has 0 aromatic rings. The Labute approximate surface area is 116 Å². The van der Waals surface area contributed by atoms with E-state index in [2.05, 4.69) is 6.92 Å². The number of hydrogen-bond donors (Lipinski definition) is 0. The Morgan fingerprint density at radius 1 is 1.21 bits per heavy atom. The number of nitrogens with zero attached hydrogens (tertiary/aromatic N) is 1. The molecule has 2 aliphatic rings. The van der Waals surface area contributed by atoms with Crippen molar-refractivity contribution in [3.05, 3.63) is 0 Å². The van der Waals surface area contributed by atoms with Gasteiger partial charge in [-0.2, -0.15) is 0 Å². The molecule has 0 aromatic carbocycles. The number of amides is 1. The van der Waals surface area contributed by atoms with Gasteiger partial charge in [0, 0.05) is 19.0 Å². The lowest BCUT2D eigenvalue weighted by atomic mass is 10.0. The van der Waals surface area contributed by atoms with Crippen LogP contribution in [0.2, 0.25) is 0 Å². The highest BCUT2D eigenvalue weighted by atomic mass is 32.2. The van der Waals surface area contributed by atoms with Gasteiger partial charge in [-0.25, -0.2) is 8.42 Å². The first-order valence-corrected chi connectivity index (χ1v) is 9.34. The molecule has 4 nitrogen and oxygen atoms in total. The summed E-state index contributed by atoms with van der Waals surface area (Å²) in [6.07, 6.45) is 6.75. The molecule has 1 aliphatic heterocycles. The van der Waals surface area contributed by atoms with Crippen LogP contribution in [0.3, 0.4) is 0 Å². The van der Waals surface area contributed by atoms with Crippen LogP contribution in [0, 0.1) is 5.92 Å². The highest BCUT2D eigenvalue weighted by molar-refractivity contribution is 7.91. The molecule has 1 amide bonds. The lowest BCUT2D eigenvalue weighted by Crippen LogP contribution is -2.40. The standard InChI is InChI=1S/C14H25NO3S/c1-2-8-15(13-5-3-4-6-13)14(16)10-12-7-9-19(17,18)11-12/h12-13H,2-11H2,1H3. The second-order valence-electron chi connectivity index (χ2n) is 6.00. The fraction of sp³-hybridized carbons (Fsp3) is 0.929. The van der Waals surface area contributed by atoms with Crippen molar-refractivity contribution in [1.29, 1.82) is 0 Å². The van der Waals surface area contributed by atoms with Crippen LogP contribution in [0.25, 0.3) is 0 Å². The molecular weight excluding hydrogens is 262 g/mol. The van der Waals surface area contributed by atoms with E-state index in [4.69, 9.17) is 0 Å². The van der Waals surface area contributed by atoms with Gasteiger partial charge in [-0.3, -0.25) is 4.79 Å². The van der Waals surface area contributed by atoms with Gasteiger partial charge in [0.1, 0.15) is 0 Å². The molecule has 0 N–H and O–H groups in total. The molecule has 0 radical (unpaired) electrons. The van der Waals surface area contributed by atoms with Crippen molar-refractivity contribution < 1.29 is 13.2 Å². The number of carbonyl (C=O) groups is 1. The molecule has 1 aliphatic carbocycles. The van der Waals surface area contributed by atoms with Gasteiger partial charge in [0.05, 0.1) is 11.5 Å². The fourth-order valence-corrected chi connectivity index (χ4v) is 5.23. The molecule has 2 fully saturated rings. The van der Waals surface area contributed by atoms with Gasteiger partial charge in [0.25, 0.3) is 0 Å². The second-order valence-corrected chi connectivity index (χ2v) is 8.23. The molecule has 1 saturated carbocycles. The zero-order valence-corrected chi connectivity index (χ0v) is 12.6. The predicted molar refractivity (Wildman–Crippen MR) is 75.6 cm³/mol. The van der Waals surface area contributed by atoms with Crippen LogP contribution in [0.1, 0.15) is 51.9 Å². The summed E-state index contributed by atoms with van der Waals surface area (Å²) >= 11 is 0. The maximum atomic E-state index is 12.4. The Balaban J connectivity index is 1.92. The van der Waals surface area contributed by atoms with E-state index in [1.54, 1.807) is 0 Å². The Hall–Kier alpha value is -0.580. The largest absolute Gasteiger partial charge is 0.340 e. The van der Waals surface area contributed by atoms with Crippen LogP contribution in [-0.2, 0) is 14.6 Å². The topological polar surface area (TPSA) is 54.5 Å². The molecule has 2 rings (SSSR count). The molecule has 1 saturated heterocycles. The number of carbonyl (C=O) groups excluding carboxylic acids is 1. The summed E-state index contributed by atoms with van der Waals surface area (Å²) in [5.41, 5.74) is 0. The quantitative estimate of drug-likeness (QED) is 0.777. The van der Waals surface area contributed by atoms with Crippen LogP contribution in [-0.4, -0.2) is 43.3 Å². The van der Waals surface area contributed by atoms with Crippen molar-refractivity contribution >= 4 is 15.7 Å². The fourth-order valence-electron chi connectivity index (χ4n) is 3.36. The van der Waals surface area contributed by atoms with Gasteiger partial charge in [-0.15, -0.1) is 0 Å². The summed E-state index contributed by atoms with van der Waals surface area (Å²) in [5.74, 6) is 0.708. The third-order valence-corrected chi connectivity index (χ3v) is 6.18. The maximum absolute atomic E-state index is 12.4. The Kier molecular flexibility index (Phi) is 4.87. The van der Waals surface area contributed by atoms with Crippen molar-refractivity contribution in [1.82, 2.24) is 4.90 Å². The number of rotatable bonds is 5. The zero-order valence-electron chi connectivity index (χ0n) is 11.8. The van der Waals surface area contributed by atoms with Crippen molar-refractivity contribution in [3.8, 4) is 0 Å². The van der Waals surface area contributed by atoms with Gasteiger partial charge in [0.15, 0.2) is 9.84 Å². The van der Waals surface area contributed by atoms with E-state index in [0.29, 0.717) is 18.9 Å². The molecule has 1 heterocycles. The van der Waals surface area contributed by atoms with Crippen LogP contribution in [0.5, 0.6) is 0 Å². The molecule has 5 heteroatoms. The number of sulfone groups is 1. The Morgan fingerprint density at radius 2 is 1.89 bits per heavy atom. The second kappa shape index (κ2) is 6.25. The summed E-state index contributed by atoms with van der Waals surface area (Å²) in [6.45, 7) is 2.91. The van der Waals surface area contributed by atoms with Gasteiger partial charge >= 0.3 is 0 Å². The minimum absolute atomic E-state index is 0.0539. The molecule has 110 valence electrons. The third-order valence-electron chi connectivity index (χ3n) is 4.34. The summed E-state index contributed by atoms with van der Waals surface area (Å²) in [6, 6.07) is 0.408. The lowest BCUT2D eigenvalue weighted by molar-refractivity contribution is -0.134. The highest BCUT2D eigenvalue weighted by Gasteiger charge is 2.32. The average Bonchev–Trinajstić information content (AvgIpc) is 2.95. The van der Waals surface area contributed by atoms with Crippen molar-refractivity contribution in [2.45, 2.75) is 57.9 Å². The van der Waals surface area contributed by atoms with Crippen LogP contribution in [0.15, 0.2) is 0 Å². The minimum atomic E-state index is -2.87. The molecule has 0 spiro atoms. The van der Waals surface area contributed by atoms with Crippen LogP contribution in [0.4, 0.5) is 0 Å². The van der Waals surface area contributed by atoms with E-state index in [0.717, 1.165) is 25.8 Å². The third kappa shape index (κ3) is 3.94. The minimum Gasteiger partial charge on any atom is -0.340 e. The van der Waals surface area contributed by atoms with Crippen molar-refractivity contribution in [3.63, 3.8) is 0 Å². The molecule has 0 aromatic heterocycles. The number of hydrogen-bond acceptors (Lipinski definition) is 3. The van der Waals surface area contributed by atoms with Crippen molar-refractivity contribution in [2.75, 3.05) is 18.1 Å². The van der Waals surface area contributed by atoms with E-state index in [1.165, 1.54) is 12.8 Å². The predicted octanol–water partition coefficient (Wildman–Crippen LogP) is 1.99. The van der Waals surface area contributed by atoms with Gasteiger partial charge < -0.3 is 4.90 Å². The lowest BCUT2D eigenvalue weighted by Gasteiger charge is -2.29. The highest BCUT2D eigenvalue weighted by Crippen LogP contribution is 2.27. The summed E-state index contributed by atoms with van der Waals surface area (Å²) in [7, 11) is -2.87. The molecule has 1 unspecified atom stereocenters. The van der Waals surface area contributed by atoms with Gasteiger partial charge in [-0.1, -0.05) is 19.8 Å². The van der Waals surface area contributed by atoms with E-state index >= 15 is 0 Å². The first-order valence-electron chi connectivity index (χ1n) is 7.51. The first kappa shape index (κ1) is 14.8. The van der Waals surface area contributed by atoms with Crippen LogP contribution < -0.4 is 0 Å². The smallest absolute Gasteiger partial charge is 0.223 e. The Morgan fingerprint density at radius 3 is 2.42 bits per heavy atom. The summed E-state index contributed by atoms with van der Waals surface area (Å²) in [5, 5.41) is 0. The summed E-state index contributed by atoms with van der Waals surface area (Å²) < 4.78 is 22.9. The van der Waals surface area contributed by atoms with E-state index in [1.807, 2.05) is 4.90 Å². The van der Waals surface area contributed by atoms with Crippen LogP contribution >= 0.6 is 0 Å². The zero-order chi connectivity index (χ0) is 13.9. The Bertz CT molecular complexity index is 412. The molecule has 19 heavy (non-hydrogen) atoms. The van der Waals surface area contributed by atoms with E-state index in [9.17, 15) is 13.2 Å². The monoisotopic (exact) mass is 287 g/mol. The van der Waals surface area contributed by atoms with E-state index in [-0.39, 0.29) is 23.3 Å². The first-order chi connectivity index (χ1) is 9.02. The maximum Gasteiger partial charge on any atom is 0.223 e. The van der Waals surface area contributed by atoms with Gasteiger partial charge in [-0.05, 0) is 31.6 Å². The van der Waals surface area contributed by atoms with Crippen molar-refractivity contribution in [2.24, 2.45) is 5.92 Å².